The summed E-state index contributed by atoms with van der Waals surface area (Å²) in [5.74, 6) is 0.975. The molecule has 0 amide bonds. The Morgan fingerprint density at radius 3 is 2.95 bits per heavy atom. The van der Waals surface area contributed by atoms with Gasteiger partial charge >= 0.3 is 0 Å². The van der Waals surface area contributed by atoms with Crippen molar-refractivity contribution in [1.29, 1.82) is 0 Å². The van der Waals surface area contributed by atoms with E-state index >= 15 is 0 Å². The molecular weight excluding hydrogens is 300 g/mol. The zero-order valence-corrected chi connectivity index (χ0v) is 12.9. The molecule has 0 radical (unpaired) electrons. The third kappa shape index (κ3) is 1.88. The van der Waals surface area contributed by atoms with Crippen molar-refractivity contribution in [2.24, 2.45) is 0 Å². The second-order valence-electron chi connectivity index (χ2n) is 5.13. The number of aryl methyl sites for hydroxylation is 2. The van der Waals surface area contributed by atoms with Gasteiger partial charge in [0, 0.05) is 12.6 Å². The predicted octanol–water partition coefficient (Wildman–Crippen LogP) is 2.99. The molecule has 6 nitrogen and oxygen atoms in total. The van der Waals surface area contributed by atoms with Crippen molar-refractivity contribution in [2.75, 3.05) is 0 Å². The molecule has 0 atom stereocenters. The zero-order valence-electron chi connectivity index (χ0n) is 12.2. The Kier molecular flexibility index (Phi) is 2.87. The maximum Gasteiger partial charge on any atom is 0.179 e. The van der Waals surface area contributed by atoms with Crippen molar-refractivity contribution in [3.63, 3.8) is 0 Å². The van der Waals surface area contributed by atoms with E-state index in [1.165, 1.54) is 0 Å². The van der Waals surface area contributed by atoms with Gasteiger partial charge in [0.2, 0.25) is 0 Å². The van der Waals surface area contributed by atoms with Crippen LogP contribution in [-0.2, 0) is 6.42 Å². The highest BCUT2D eigenvalue weighted by atomic mass is 35.5. The van der Waals surface area contributed by atoms with Crippen molar-refractivity contribution in [1.82, 2.24) is 29.1 Å². The summed E-state index contributed by atoms with van der Waals surface area (Å²) in [6, 6.07) is 3.86. The quantitative estimate of drug-likeness (QED) is 0.571. The number of hydrogen-bond donors (Lipinski definition) is 0. The van der Waals surface area contributed by atoms with Crippen LogP contribution in [0, 0.1) is 6.92 Å². The van der Waals surface area contributed by atoms with E-state index in [-0.39, 0.29) is 0 Å². The van der Waals surface area contributed by atoms with Crippen LogP contribution < -0.4 is 0 Å². The van der Waals surface area contributed by atoms with E-state index in [4.69, 9.17) is 11.6 Å². The molecule has 0 aliphatic heterocycles. The molecular formula is C15H13ClN6. The molecule has 0 aliphatic carbocycles. The molecule has 0 saturated heterocycles. The Balaban J connectivity index is 2.06. The molecule has 3 aromatic heterocycles. The molecule has 4 rings (SSSR count). The summed E-state index contributed by atoms with van der Waals surface area (Å²) in [7, 11) is 0. The second-order valence-corrected chi connectivity index (χ2v) is 5.54. The van der Waals surface area contributed by atoms with Crippen LogP contribution in [0.15, 0.2) is 30.9 Å². The van der Waals surface area contributed by atoms with Gasteiger partial charge in [-0.3, -0.25) is 9.38 Å². The van der Waals surface area contributed by atoms with Crippen LogP contribution in [0.2, 0.25) is 5.02 Å². The summed E-state index contributed by atoms with van der Waals surface area (Å²) >= 11 is 6.47. The van der Waals surface area contributed by atoms with Gasteiger partial charge in [-0.1, -0.05) is 18.5 Å². The zero-order chi connectivity index (χ0) is 15.3. The first-order chi connectivity index (χ1) is 10.7. The monoisotopic (exact) mass is 312 g/mol. The van der Waals surface area contributed by atoms with Crippen LogP contribution >= 0.6 is 11.6 Å². The van der Waals surface area contributed by atoms with Crippen molar-refractivity contribution >= 4 is 28.3 Å². The molecule has 0 N–H and O–H groups in total. The van der Waals surface area contributed by atoms with Gasteiger partial charge in [-0.2, -0.15) is 0 Å². The number of halogens is 1. The van der Waals surface area contributed by atoms with E-state index in [2.05, 4.69) is 27.1 Å². The lowest BCUT2D eigenvalue weighted by Crippen LogP contribution is -2.01. The van der Waals surface area contributed by atoms with Crippen LogP contribution in [-0.4, -0.2) is 29.1 Å². The molecule has 0 bridgehead atoms. The molecule has 7 heteroatoms. The third-order valence-corrected chi connectivity index (χ3v) is 3.97. The van der Waals surface area contributed by atoms with Gasteiger partial charge in [-0.25, -0.2) is 4.98 Å². The highest BCUT2D eigenvalue weighted by Crippen LogP contribution is 2.27. The standard InChI is InChI=1S/C15H13ClN6/c1-3-14-19-9(2)7-21(14)12-5-13-11(4-10(12)16)17-6-15-20-18-8-22(13)15/h4-8H,3H2,1-2H3. The fraction of sp³-hybridized carbons (Fsp3) is 0.200. The summed E-state index contributed by atoms with van der Waals surface area (Å²) in [6.07, 6.45) is 6.18. The van der Waals surface area contributed by atoms with Crippen molar-refractivity contribution in [2.45, 2.75) is 20.3 Å². The van der Waals surface area contributed by atoms with Crippen molar-refractivity contribution < 1.29 is 0 Å². The van der Waals surface area contributed by atoms with E-state index in [1.807, 2.05) is 34.2 Å². The molecule has 0 saturated carbocycles. The van der Waals surface area contributed by atoms with Crippen LogP contribution in [0.1, 0.15) is 18.4 Å². The van der Waals surface area contributed by atoms with Gasteiger partial charge in [0.05, 0.1) is 33.6 Å². The number of nitrogens with zero attached hydrogens (tertiary/aromatic N) is 6. The smallest absolute Gasteiger partial charge is 0.179 e. The Morgan fingerprint density at radius 2 is 2.14 bits per heavy atom. The Labute approximate surface area is 131 Å². The predicted molar refractivity (Wildman–Crippen MR) is 84.5 cm³/mol. The first-order valence-corrected chi connectivity index (χ1v) is 7.38. The SMILES string of the molecule is CCc1nc(C)cn1-c1cc2c(cc1Cl)ncc1nncn12. The van der Waals surface area contributed by atoms with Crippen LogP contribution in [0.25, 0.3) is 22.4 Å². The van der Waals surface area contributed by atoms with Crippen LogP contribution in [0.4, 0.5) is 0 Å². The Morgan fingerprint density at radius 1 is 1.27 bits per heavy atom. The average Bonchev–Trinajstić information content (AvgIpc) is 3.12. The molecule has 0 unspecified atom stereocenters. The summed E-state index contributed by atoms with van der Waals surface area (Å²) in [6.45, 7) is 4.05. The van der Waals surface area contributed by atoms with Crippen LogP contribution in [0.3, 0.4) is 0 Å². The number of benzene rings is 1. The Bertz CT molecular complexity index is 1000. The fourth-order valence-corrected chi connectivity index (χ4v) is 2.92. The van der Waals surface area contributed by atoms with E-state index in [0.717, 1.165) is 34.7 Å². The third-order valence-electron chi connectivity index (χ3n) is 3.67. The fourth-order valence-electron chi connectivity index (χ4n) is 2.67. The normalized spacial score (nSPS) is 11.6. The van der Waals surface area contributed by atoms with Gasteiger partial charge in [0.15, 0.2) is 5.65 Å². The average molecular weight is 313 g/mol. The first-order valence-electron chi connectivity index (χ1n) is 7.00. The topological polar surface area (TPSA) is 60.9 Å². The molecule has 0 spiro atoms. The molecule has 1 aromatic carbocycles. The highest BCUT2D eigenvalue weighted by molar-refractivity contribution is 6.33. The maximum atomic E-state index is 6.47. The van der Waals surface area contributed by atoms with Crippen molar-refractivity contribution in [3.05, 3.63) is 47.4 Å². The van der Waals surface area contributed by atoms with E-state index < -0.39 is 0 Å². The lowest BCUT2D eigenvalue weighted by atomic mass is 10.2. The van der Waals surface area contributed by atoms with Crippen molar-refractivity contribution in [3.8, 4) is 5.69 Å². The van der Waals surface area contributed by atoms with Gasteiger partial charge in [0.25, 0.3) is 0 Å². The number of imidazole rings is 1. The minimum atomic E-state index is 0.638. The molecule has 0 fully saturated rings. The van der Waals surface area contributed by atoms with Gasteiger partial charge in [-0.15, -0.1) is 10.2 Å². The van der Waals surface area contributed by atoms with Crippen LogP contribution in [0.5, 0.6) is 0 Å². The largest absolute Gasteiger partial charge is 0.302 e. The summed E-state index contributed by atoms with van der Waals surface area (Å²) < 4.78 is 3.93. The van der Waals surface area contributed by atoms with E-state index in [0.29, 0.717) is 10.7 Å². The molecule has 22 heavy (non-hydrogen) atoms. The van der Waals surface area contributed by atoms with Gasteiger partial charge in [-0.05, 0) is 19.1 Å². The number of fused-ring (bicyclic) bond motifs is 3. The lowest BCUT2D eigenvalue weighted by Gasteiger charge is -2.10. The second kappa shape index (κ2) is 4.78. The minimum absolute atomic E-state index is 0.638. The summed E-state index contributed by atoms with van der Waals surface area (Å²) in [5, 5.41) is 8.60. The number of aromatic nitrogens is 6. The number of rotatable bonds is 2. The molecule has 4 aromatic rings. The van der Waals surface area contributed by atoms with Gasteiger partial charge < -0.3 is 4.57 Å². The summed E-state index contributed by atoms with van der Waals surface area (Å²) in [4.78, 5) is 8.93. The van der Waals surface area contributed by atoms with E-state index in [1.54, 1.807) is 12.5 Å². The minimum Gasteiger partial charge on any atom is -0.302 e. The lowest BCUT2D eigenvalue weighted by molar-refractivity contribution is 0.890. The number of hydrogen-bond acceptors (Lipinski definition) is 4. The highest BCUT2D eigenvalue weighted by Gasteiger charge is 2.13. The maximum absolute atomic E-state index is 6.47. The molecule has 0 aliphatic rings. The summed E-state index contributed by atoms with van der Waals surface area (Å²) in [5.41, 5.74) is 4.27. The first kappa shape index (κ1) is 13.2. The van der Waals surface area contributed by atoms with Gasteiger partial charge in [0.1, 0.15) is 12.2 Å². The Hall–Kier alpha value is -2.47. The van der Waals surface area contributed by atoms with E-state index in [9.17, 15) is 0 Å². The molecule has 3 heterocycles. The molecule has 110 valence electrons.